The van der Waals surface area contributed by atoms with Gasteiger partial charge in [-0.05, 0) is 70.6 Å². The van der Waals surface area contributed by atoms with Gasteiger partial charge < -0.3 is 45.1 Å². The molecule has 1 rings (SSSR count). The molecule has 1 heterocycles. The molecule has 1 aliphatic rings. The Labute approximate surface area is 548 Å². The quantitative estimate of drug-likeness (QED) is 0.0195. The standard InChI is InChI=1S/C78H143NO10/c1-4-7-10-13-16-19-22-24-26-28-30-32-34-35-36-37-38-40-42-44-46-48-51-54-57-60-63-66-73(83)89-76-75(85)74(84)72(67-80)88-78(76)87-68-69(70(81)64-61-58-55-52-49-21-18-15-12-9-6-3)79-77(86)71(82)65-62-59-56-53-50-47-45-43-41-39-33-31-29-27-25-23-20-17-14-11-8-5-2/h17,20,25,27,31,33,41,43,61,64,69-72,74-76,78,80-82,84-85H,4-16,18-19,21-24,26,28-30,32,34-40,42,44-60,62-63,65-68H2,1-3H3,(H,79,86)/b20-17-,27-25-,33-31-,43-41-,64-61+. The zero-order chi connectivity index (χ0) is 64.6. The Morgan fingerprint density at radius 2 is 0.775 bits per heavy atom. The summed E-state index contributed by atoms with van der Waals surface area (Å²) >= 11 is 0. The van der Waals surface area contributed by atoms with Crippen LogP contribution in [0.15, 0.2) is 60.8 Å². The van der Waals surface area contributed by atoms with Crippen LogP contribution in [-0.4, -0.2) is 99.6 Å². The van der Waals surface area contributed by atoms with Gasteiger partial charge in [-0.2, -0.15) is 0 Å². The predicted octanol–water partition coefficient (Wildman–Crippen LogP) is 20.1. The van der Waals surface area contributed by atoms with Crippen LogP contribution in [0.3, 0.4) is 0 Å². The molecule has 0 bridgehead atoms. The van der Waals surface area contributed by atoms with Crippen molar-refractivity contribution < 1.29 is 49.3 Å². The van der Waals surface area contributed by atoms with Gasteiger partial charge in [-0.1, -0.05) is 345 Å². The van der Waals surface area contributed by atoms with E-state index >= 15 is 0 Å². The lowest BCUT2D eigenvalue weighted by molar-refractivity contribution is -0.305. The average molecular weight is 1250 g/mol. The minimum Gasteiger partial charge on any atom is -0.454 e. The Kier molecular flexibility index (Phi) is 62.0. The Hall–Kier alpha value is -2.64. The number of nitrogens with one attached hydrogen (secondary N) is 1. The number of carbonyl (C=O) groups is 2. The molecule has 1 saturated heterocycles. The summed E-state index contributed by atoms with van der Waals surface area (Å²) < 4.78 is 17.7. The largest absolute Gasteiger partial charge is 0.454 e. The number of aliphatic hydroxyl groups is 5. The minimum atomic E-state index is -1.62. The van der Waals surface area contributed by atoms with Crippen molar-refractivity contribution in [3.63, 3.8) is 0 Å². The molecule has 0 radical (unpaired) electrons. The van der Waals surface area contributed by atoms with Crippen LogP contribution in [0.1, 0.15) is 361 Å². The second-order valence-electron chi connectivity index (χ2n) is 26.4. The van der Waals surface area contributed by atoms with E-state index in [-0.39, 0.29) is 19.4 Å². The Balaban J connectivity index is 2.50. The number of hydrogen-bond donors (Lipinski definition) is 6. The van der Waals surface area contributed by atoms with Crippen LogP contribution in [0.4, 0.5) is 0 Å². The summed E-state index contributed by atoms with van der Waals surface area (Å²) in [6.45, 7) is 5.80. The summed E-state index contributed by atoms with van der Waals surface area (Å²) in [5, 5.41) is 57.3. The van der Waals surface area contributed by atoms with Crippen LogP contribution in [0.25, 0.3) is 0 Å². The molecule has 8 atom stereocenters. The van der Waals surface area contributed by atoms with Gasteiger partial charge in [-0.25, -0.2) is 0 Å². The molecule has 89 heavy (non-hydrogen) atoms. The van der Waals surface area contributed by atoms with Crippen molar-refractivity contribution in [2.45, 2.75) is 410 Å². The Bertz CT molecular complexity index is 1680. The van der Waals surface area contributed by atoms with Gasteiger partial charge in [0.1, 0.15) is 24.4 Å². The van der Waals surface area contributed by atoms with E-state index in [1.807, 2.05) is 6.08 Å². The van der Waals surface area contributed by atoms with Gasteiger partial charge in [0, 0.05) is 6.42 Å². The fourth-order valence-electron chi connectivity index (χ4n) is 11.9. The normalized spacial score (nSPS) is 18.4. The van der Waals surface area contributed by atoms with Crippen molar-refractivity contribution in [3.05, 3.63) is 60.8 Å². The first-order valence-corrected chi connectivity index (χ1v) is 38.1. The first-order valence-electron chi connectivity index (χ1n) is 38.1. The number of ether oxygens (including phenoxy) is 3. The van der Waals surface area contributed by atoms with Crippen molar-refractivity contribution in [2.24, 2.45) is 0 Å². The van der Waals surface area contributed by atoms with Gasteiger partial charge in [0.15, 0.2) is 12.4 Å². The number of amides is 1. The first-order chi connectivity index (χ1) is 43.7. The fourth-order valence-corrected chi connectivity index (χ4v) is 11.9. The third-order valence-corrected chi connectivity index (χ3v) is 17.9. The molecule has 11 nitrogen and oxygen atoms in total. The highest BCUT2D eigenvalue weighted by Gasteiger charge is 2.47. The summed E-state index contributed by atoms with van der Waals surface area (Å²) in [6.07, 6.45) is 74.2. The van der Waals surface area contributed by atoms with Crippen LogP contribution < -0.4 is 5.32 Å². The third kappa shape index (κ3) is 52.4. The molecular weight excluding hydrogens is 1110 g/mol. The smallest absolute Gasteiger partial charge is 0.306 e. The van der Waals surface area contributed by atoms with E-state index in [1.165, 1.54) is 218 Å². The highest BCUT2D eigenvalue weighted by Crippen LogP contribution is 2.27. The van der Waals surface area contributed by atoms with Crippen LogP contribution in [0.2, 0.25) is 0 Å². The predicted molar refractivity (Wildman–Crippen MR) is 375 cm³/mol. The summed E-state index contributed by atoms with van der Waals surface area (Å²) in [6, 6.07) is -1.03. The Morgan fingerprint density at radius 3 is 1.18 bits per heavy atom. The van der Waals surface area contributed by atoms with Gasteiger partial charge in [-0.3, -0.25) is 9.59 Å². The number of unbranched alkanes of at least 4 members (excludes halogenated alkanes) is 44. The highest BCUT2D eigenvalue weighted by molar-refractivity contribution is 5.80. The molecule has 1 fully saturated rings. The van der Waals surface area contributed by atoms with Crippen molar-refractivity contribution in [2.75, 3.05) is 13.2 Å². The topological polar surface area (TPSA) is 175 Å². The zero-order valence-corrected chi connectivity index (χ0v) is 58.1. The SMILES string of the molecule is CCCCC/C=C\C/C=C\C/C=C\C/C=C\CCCCCCCCC(O)C(=O)NC(COC1OC(CO)C(O)C(O)C1OC(=O)CCCCCCCCCCCCCCCCCCCCCCCCCCCCC)C(O)/C=C/CCCCCCCCCCC. The second kappa shape index (κ2) is 65.4. The molecule has 0 aliphatic carbocycles. The van der Waals surface area contributed by atoms with Crippen LogP contribution in [0, 0.1) is 0 Å². The number of carbonyl (C=O) groups excluding carboxylic acids is 2. The van der Waals surface area contributed by atoms with E-state index in [1.54, 1.807) is 6.08 Å². The lowest BCUT2D eigenvalue weighted by Crippen LogP contribution is -2.61. The van der Waals surface area contributed by atoms with Crippen molar-refractivity contribution in [1.82, 2.24) is 5.32 Å². The monoisotopic (exact) mass is 1250 g/mol. The molecule has 0 saturated carbocycles. The van der Waals surface area contributed by atoms with E-state index in [2.05, 4.69) is 74.7 Å². The van der Waals surface area contributed by atoms with Gasteiger partial charge in [0.05, 0.1) is 25.4 Å². The lowest BCUT2D eigenvalue weighted by Gasteiger charge is -2.41. The molecule has 8 unspecified atom stereocenters. The third-order valence-electron chi connectivity index (χ3n) is 17.9. The zero-order valence-electron chi connectivity index (χ0n) is 58.1. The van der Waals surface area contributed by atoms with E-state index in [4.69, 9.17) is 14.2 Å². The van der Waals surface area contributed by atoms with Gasteiger partial charge in [0.2, 0.25) is 5.91 Å². The molecule has 0 aromatic heterocycles. The maximum absolute atomic E-state index is 13.5. The number of hydrogen-bond acceptors (Lipinski definition) is 10. The molecule has 0 spiro atoms. The molecule has 0 aromatic rings. The van der Waals surface area contributed by atoms with Gasteiger partial charge >= 0.3 is 5.97 Å². The molecule has 11 heteroatoms. The van der Waals surface area contributed by atoms with Gasteiger partial charge in [-0.15, -0.1) is 0 Å². The maximum Gasteiger partial charge on any atom is 0.306 e. The van der Waals surface area contributed by atoms with E-state index in [0.717, 1.165) is 96.3 Å². The first kappa shape index (κ1) is 84.4. The molecular formula is C78H143NO10. The van der Waals surface area contributed by atoms with E-state index < -0.39 is 67.4 Å². The van der Waals surface area contributed by atoms with Crippen molar-refractivity contribution in [1.29, 1.82) is 0 Å². The van der Waals surface area contributed by atoms with E-state index in [9.17, 15) is 35.1 Å². The molecule has 6 N–H and O–H groups in total. The highest BCUT2D eigenvalue weighted by atomic mass is 16.7. The molecule has 1 amide bonds. The number of allylic oxidation sites excluding steroid dienone is 9. The van der Waals surface area contributed by atoms with Crippen molar-refractivity contribution in [3.8, 4) is 0 Å². The number of rotatable bonds is 66. The average Bonchev–Trinajstić information content (AvgIpc) is 2.36. The summed E-state index contributed by atoms with van der Waals surface area (Å²) in [4.78, 5) is 26.7. The van der Waals surface area contributed by atoms with Crippen LogP contribution in [-0.2, 0) is 23.8 Å². The Morgan fingerprint density at radius 1 is 0.438 bits per heavy atom. The van der Waals surface area contributed by atoms with Gasteiger partial charge in [0.25, 0.3) is 0 Å². The maximum atomic E-state index is 13.5. The fraction of sp³-hybridized carbons (Fsp3) is 0.846. The van der Waals surface area contributed by atoms with Crippen LogP contribution in [0.5, 0.6) is 0 Å². The molecule has 0 aromatic carbocycles. The van der Waals surface area contributed by atoms with Crippen molar-refractivity contribution >= 4 is 11.9 Å². The molecule has 1 aliphatic heterocycles. The number of esters is 1. The number of aliphatic hydroxyl groups excluding tert-OH is 5. The summed E-state index contributed by atoms with van der Waals surface area (Å²) in [5.74, 6) is -1.19. The lowest BCUT2D eigenvalue weighted by atomic mass is 9.99. The molecule has 520 valence electrons. The summed E-state index contributed by atoms with van der Waals surface area (Å²) in [5.41, 5.74) is 0. The minimum absolute atomic E-state index is 0.126. The summed E-state index contributed by atoms with van der Waals surface area (Å²) in [7, 11) is 0. The second-order valence-corrected chi connectivity index (χ2v) is 26.4. The van der Waals surface area contributed by atoms with E-state index in [0.29, 0.717) is 12.8 Å². The van der Waals surface area contributed by atoms with Crippen LogP contribution >= 0.6 is 0 Å².